The lowest BCUT2D eigenvalue weighted by molar-refractivity contribution is -0.0498. The Balaban J connectivity index is 1.93. The van der Waals surface area contributed by atoms with E-state index in [9.17, 15) is 13.9 Å². The Morgan fingerprint density at radius 3 is 2.62 bits per heavy atom. The summed E-state index contributed by atoms with van der Waals surface area (Å²) in [5, 5.41) is 13.7. The fraction of sp³-hybridized carbons (Fsp3) is 0.600. The summed E-state index contributed by atoms with van der Waals surface area (Å²) >= 11 is 1.77. The van der Waals surface area contributed by atoms with Gasteiger partial charge in [0, 0.05) is 18.3 Å². The van der Waals surface area contributed by atoms with Crippen molar-refractivity contribution in [2.24, 2.45) is 0 Å². The minimum atomic E-state index is -2.80. The predicted molar refractivity (Wildman–Crippen MR) is 81.0 cm³/mol. The van der Waals surface area contributed by atoms with E-state index in [0.717, 1.165) is 29.9 Å². The topological polar surface area (TPSA) is 41.5 Å². The molecule has 118 valence electrons. The molecule has 0 aliphatic carbocycles. The SMILES string of the molecule is CCC(NCC1(O)CCSC1)c1ccc(OC(F)F)cc1. The Morgan fingerprint density at radius 2 is 2.10 bits per heavy atom. The molecule has 1 heterocycles. The monoisotopic (exact) mass is 317 g/mol. The Labute approximate surface area is 128 Å². The quantitative estimate of drug-likeness (QED) is 0.810. The number of rotatable bonds is 7. The van der Waals surface area contributed by atoms with Gasteiger partial charge >= 0.3 is 6.61 Å². The number of ether oxygens (including phenoxy) is 1. The van der Waals surface area contributed by atoms with E-state index in [1.165, 1.54) is 0 Å². The van der Waals surface area contributed by atoms with Crippen LogP contribution in [-0.2, 0) is 0 Å². The van der Waals surface area contributed by atoms with Crippen LogP contribution >= 0.6 is 11.8 Å². The van der Waals surface area contributed by atoms with Gasteiger partial charge in [0.25, 0.3) is 0 Å². The minimum absolute atomic E-state index is 0.0974. The molecule has 1 aliphatic heterocycles. The van der Waals surface area contributed by atoms with Crippen molar-refractivity contribution >= 4 is 11.8 Å². The van der Waals surface area contributed by atoms with E-state index in [1.54, 1.807) is 36.0 Å². The summed E-state index contributed by atoms with van der Waals surface area (Å²) in [6.45, 7) is -0.201. The van der Waals surface area contributed by atoms with Gasteiger partial charge in [-0.15, -0.1) is 0 Å². The molecule has 21 heavy (non-hydrogen) atoms. The number of hydrogen-bond donors (Lipinski definition) is 2. The first-order chi connectivity index (χ1) is 10.0. The van der Waals surface area contributed by atoms with E-state index in [2.05, 4.69) is 17.0 Å². The Morgan fingerprint density at radius 1 is 1.38 bits per heavy atom. The van der Waals surface area contributed by atoms with Crippen LogP contribution in [0.25, 0.3) is 0 Å². The number of halogens is 2. The van der Waals surface area contributed by atoms with Crippen LogP contribution in [0.1, 0.15) is 31.4 Å². The molecule has 2 atom stereocenters. The second-order valence-corrected chi connectivity index (χ2v) is 6.42. The van der Waals surface area contributed by atoms with Gasteiger partial charge in [-0.1, -0.05) is 19.1 Å². The summed E-state index contributed by atoms with van der Waals surface area (Å²) in [7, 11) is 0. The van der Waals surface area contributed by atoms with Gasteiger partial charge in [-0.3, -0.25) is 0 Å². The van der Waals surface area contributed by atoms with Gasteiger partial charge in [-0.25, -0.2) is 0 Å². The largest absolute Gasteiger partial charge is 0.435 e. The fourth-order valence-corrected chi connectivity index (χ4v) is 3.72. The van der Waals surface area contributed by atoms with Crippen molar-refractivity contribution in [1.82, 2.24) is 5.32 Å². The molecule has 1 aromatic carbocycles. The lowest BCUT2D eigenvalue weighted by atomic mass is 10.0. The fourth-order valence-electron chi connectivity index (χ4n) is 2.43. The maximum Gasteiger partial charge on any atom is 0.387 e. The lowest BCUT2D eigenvalue weighted by Gasteiger charge is -2.26. The zero-order chi connectivity index (χ0) is 15.3. The van der Waals surface area contributed by atoms with Crippen molar-refractivity contribution in [1.29, 1.82) is 0 Å². The van der Waals surface area contributed by atoms with Crippen LogP contribution < -0.4 is 10.1 Å². The van der Waals surface area contributed by atoms with E-state index in [-0.39, 0.29) is 11.8 Å². The van der Waals surface area contributed by atoms with E-state index in [0.29, 0.717) is 6.54 Å². The van der Waals surface area contributed by atoms with Gasteiger partial charge < -0.3 is 15.2 Å². The molecule has 1 fully saturated rings. The third kappa shape index (κ3) is 4.83. The summed E-state index contributed by atoms with van der Waals surface area (Å²) in [5.41, 5.74) is 0.380. The summed E-state index contributed by atoms with van der Waals surface area (Å²) in [4.78, 5) is 0. The number of aliphatic hydroxyl groups is 1. The second kappa shape index (κ2) is 7.42. The number of alkyl halides is 2. The van der Waals surface area contributed by atoms with Gasteiger partial charge in [-0.05, 0) is 36.3 Å². The zero-order valence-corrected chi connectivity index (χ0v) is 12.8. The van der Waals surface area contributed by atoms with Crippen LogP contribution in [0.4, 0.5) is 8.78 Å². The molecule has 0 radical (unpaired) electrons. The normalized spacial score (nSPS) is 23.5. The molecule has 0 saturated carbocycles. The smallest absolute Gasteiger partial charge is 0.387 e. The Bertz CT molecular complexity index is 436. The maximum atomic E-state index is 12.1. The summed E-state index contributed by atoms with van der Waals surface area (Å²) < 4.78 is 28.6. The van der Waals surface area contributed by atoms with Crippen LogP contribution in [0.2, 0.25) is 0 Å². The maximum absolute atomic E-state index is 12.1. The summed E-state index contributed by atoms with van der Waals surface area (Å²) in [5.74, 6) is 1.92. The van der Waals surface area contributed by atoms with Gasteiger partial charge in [0.05, 0.1) is 5.60 Å². The van der Waals surface area contributed by atoms with E-state index in [4.69, 9.17) is 0 Å². The van der Waals surface area contributed by atoms with Crippen molar-refractivity contribution in [3.05, 3.63) is 29.8 Å². The minimum Gasteiger partial charge on any atom is -0.435 e. The standard InChI is InChI=1S/C15H21F2NO2S/c1-2-13(18-9-15(19)7-8-21-10-15)11-3-5-12(6-4-11)20-14(16)17/h3-6,13-14,18-19H,2,7-10H2,1H3. The third-order valence-electron chi connectivity index (χ3n) is 3.68. The second-order valence-electron chi connectivity index (χ2n) is 5.32. The van der Waals surface area contributed by atoms with Crippen molar-refractivity contribution in [2.75, 3.05) is 18.1 Å². The Kier molecular flexibility index (Phi) is 5.84. The van der Waals surface area contributed by atoms with Crippen LogP contribution in [-0.4, -0.2) is 35.4 Å². The summed E-state index contributed by atoms with van der Waals surface area (Å²) in [6.07, 6.45) is 1.67. The van der Waals surface area contributed by atoms with E-state index >= 15 is 0 Å². The molecule has 1 aliphatic rings. The van der Waals surface area contributed by atoms with E-state index < -0.39 is 12.2 Å². The van der Waals surface area contributed by atoms with Crippen molar-refractivity contribution < 1.29 is 18.6 Å². The summed E-state index contributed by atoms with van der Waals surface area (Å²) in [6, 6.07) is 6.76. The molecule has 1 saturated heterocycles. The molecule has 0 amide bonds. The number of hydrogen-bond acceptors (Lipinski definition) is 4. The van der Waals surface area contributed by atoms with Gasteiger partial charge in [-0.2, -0.15) is 20.5 Å². The molecule has 2 N–H and O–H groups in total. The molecular formula is C15H21F2NO2S. The molecule has 0 bridgehead atoms. The van der Waals surface area contributed by atoms with Gasteiger partial charge in [0.2, 0.25) is 0 Å². The molecule has 0 spiro atoms. The third-order valence-corrected chi connectivity index (χ3v) is 4.91. The first kappa shape index (κ1) is 16.5. The molecule has 2 unspecified atom stereocenters. The number of nitrogens with one attached hydrogen (secondary N) is 1. The molecule has 0 aromatic heterocycles. The van der Waals surface area contributed by atoms with E-state index in [1.807, 2.05) is 0 Å². The van der Waals surface area contributed by atoms with Crippen LogP contribution in [0, 0.1) is 0 Å². The van der Waals surface area contributed by atoms with Crippen LogP contribution in [0.15, 0.2) is 24.3 Å². The predicted octanol–water partition coefficient (Wildman–Crippen LogP) is 3.20. The van der Waals surface area contributed by atoms with Crippen molar-refractivity contribution in [2.45, 2.75) is 38.0 Å². The molecule has 6 heteroatoms. The average molecular weight is 317 g/mol. The zero-order valence-electron chi connectivity index (χ0n) is 12.0. The van der Waals surface area contributed by atoms with Crippen LogP contribution in [0.3, 0.4) is 0 Å². The highest BCUT2D eigenvalue weighted by atomic mass is 32.2. The molecular weight excluding hydrogens is 296 g/mol. The first-order valence-corrected chi connectivity index (χ1v) is 8.26. The van der Waals surface area contributed by atoms with Gasteiger partial charge in [0.1, 0.15) is 5.75 Å². The first-order valence-electron chi connectivity index (χ1n) is 7.11. The average Bonchev–Trinajstić information content (AvgIpc) is 2.88. The lowest BCUT2D eigenvalue weighted by Crippen LogP contribution is -2.41. The van der Waals surface area contributed by atoms with Crippen molar-refractivity contribution in [3.8, 4) is 5.75 Å². The molecule has 2 rings (SSSR count). The van der Waals surface area contributed by atoms with Crippen molar-refractivity contribution in [3.63, 3.8) is 0 Å². The molecule has 1 aromatic rings. The number of benzene rings is 1. The molecule has 3 nitrogen and oxygen atoms in total. The number of thioether (sulfide) groups is 1. The highest BCUT2D eigenvalue weighted by Gasteiger charge is 2.31. The van der Waals surface area contributed by atoms with Crippen LogP contribution in [0.5, 0.6) is 5.75 Å². The highest BCUT2D eigenvalue weighted by Crippen LogP contribution is 2.28. The Hall–Kier alpha value is -0.850. The highest BCUT2D eigenvalue weighted by molar-refractivity contribution is 7.99. The van der Waals surface area contributed by atoms with Gasteiger partial charge in [0.15, 0.2) is 0 Å².